The lowest BCUT2D eigenvalue weighted by Crippen LogP contribution is -2.32. The van der Waals surface area contributed by atoms with Crippen molar-refractivity contribution in [3.63, 3.8) is 0 Å². The first-order valence-electron chi connectivity index (χ1n) is 11.7. The predicted octanol–water partition coefficient (Wildman–Crippen LogP) is 3.65. The van der Waals surface area contributed by atoms with E-state index in [0.717, 1.165) is 81.6 Å². The van der Waals surface area contributed by atoms with Crippen LogP contribution in [0, 0.1) is 13.8 Å². The van der Waals surface area contributed by atoms with Gasteiger partial charge in [-0.05, 0) is 52.5 Å². The molecule has 9 heteroatoms. The molecular formula is C25H32N8O. The van der Waals surface area contributed by atoms with Crippen molar-refractivity contribution in [2.24, 2.45) is 14.1 Å². The summed E-state index contributed by atoms with van der Waals surface area (Å²) < 4.78 is 10.3. The van der Waals surface area contributed by atoms with Gasteiger partial charge >= 0.3 is 0 Å². The fourth-order valence-electron chi connectivity index (χ4n) is 4.93. The fraction of sp³-hybridized carbons (Fsp3) is 0.440. The van der Waals surface area contributed by atoms with E-state index in [1.807, 2.05) is 30.4 Å². The molecule has 0 amide bonds. The van der Waals surface area contributed by atoms with Gasteiger partial charge in [-0.3, -0.25) is 19.7 Å². The van der Waals surface area contributed by atoms with E-state index in [4.69, 9.17) is 14.8 Å². The first-order valence-corrected chi connectivity index (χ1v) is 11.7. The van der Waals surface area contributed by atoms with Crippen molar-refractivity contribution in [2.45, 2.75) is 46.8 Å². The molecule has 5 rings (SSSR count). The van der Waals surface area contributed by atoms with Crippen molar-refractivity contribution in [1.29, 1.82) is 0 Å². The smallest absolute Gasteiger partial charge is 0.221 e. The topological polar surface area (TPSA) is 89.7 Å². The van der Waals surface area contributed by atoms with Crippen LogP contribution in [0.4, 0.5) is 0 Å². The highest BCUT2D eigenvalue weighted by molar-refractivity contribution is 5.93. The summed E-state index contributed by atoms with van der Waals surface area (Å²) in [5.41, 5.74) is 8.77. The Morgan fingerprint density at radius 1 is 1.09 bits per heavy atom. The van der Waals surface area contributed by atoms with Crippen LogP contribution in [0.3, 0.4) is 0 Å². The highest BCUT2D eigenvalue weighted by atomic mass is 16.5. The molecular weight excluding hydrogens is 428 g/mol. The van der Waals surface area contributed by atoms with Crippen LogP contribution < -0.4 is 4.74 Å². The van der Waals surface area contributed by atoms with Gasteiger partial charge in [0.25, 0.3) is 0 Å². The molecule has 9 nitrogen and oxygen atoms in total. The minimum Gasteiger partial charge on any atom is -0.473 e. The summed E-state index contributed by atoms with van der Waals surface area (Å²) in [4.78, 5) is 7.19. The Kier molecular flexibility index (Phi) is 5.51. The van der Waals surface area contributed by atoms with E-state index in [1.165, 1.54) is 0 Å². The van der Waals surface area contributed by atoms with Crippen molar-refractivity contribution in [3.05, 3.63) is 40.1 Å². The zero-order chi connectivity index (χ0) is 24.1. The highest BCUT2D eigenvalue weighted by Crippen LogP contribution is 2.36. The molecule has 0 spiro atoms. The molecule has 1 atom stereocenters. The number of ether oxygens (including phenoxy) is 1. The number of hydrogen-bond acceptors (Lipinski definition) is 6. The van der Waals surface area contributed by atoms with Crippen LogP contribution in [-0.2, 0) is 27.1 Å². The maximum absolute atomic E-state index is 6.52. The highest BCUT2D eigenvalue weighted by Gasteiger charge is 2.24. The quantitative estimate of drug-likeness (QED) is 0.466. The molecule has 0 fully saturated rings. The Morgan fingerprint density at radius 3 is 2.65 bits per heavy atom. The molecule has 0 saturated heterocycles. The van der Waals surface area contributed by atoms with Crippen LogP contribution >= 0.6 is 0 Å². The zero-order valence-electron chi connectivity index (χ0n) is 21.0. The summed E-state index contributed by atoms with van der Waals surface area (Å²) in [5.74, 6) is 0.747. The average Bonchev–Trinajstić information content (AvgIpc) is 3.40. The Hall–Kier alpha value is -3.46. The Balaban J connectivity index is 1.76. The van der Waals surface area contributed by atoms with Crippen molar-refractivity contribution < 1.29 is 4.74 Å². The summed E-state index contributed by atoms with van der Waals surface area (Å²) in [7, 11) is 6.05. The number of rotatable bonds is 1. The summed E-state index contributed by atoms with van der Waals surface area (Å²) in [6.07, 6.45) is 4.98. The number of nitrogens with one attached hydrogen (secondary N) is 1. The number of aromatic nitrogens is 7. The standard InChI is InChI=1S/C25H32N8O/c1-8-19-23-21-11-18-20(27-28-24(18)16(4)26-21)10-9-17-15(3)29-32(6)22(17)13-31(5)12-14(2)34-25(23)33(7)30-19/h9-11,14H,8,12-13H2,1-7H3,(H,27,28)/b10-9+/t14-/m0/s1. The van der Waals surface area contributed by atoms with E-state index in [0.29, 0.717) is 0 Å². The lowest BCUT2D eigenvalue weighted by Gasteiger charge is -2.23. The average molecular weight is 461 g/mol. The minimum absolute atomic E-state index is 0.0448. The second-order valence-electron chi connectivity index (χ2n) is 9.26. The van der Waals surface area contributed by atoms with Gasteiger partial charge in [0.2, 0.25) is 5.88 Å². The molecule has 0 aromatic carbocycles. The molecule has 0 radical (unpaired) electrons. The molecule has 178 valence electrons. The largest absolute Gasteiger partial charge is 0.473 e. The van der Waals surface area contributed by atoms with Crippen molar-refractivity contribution in [2.75, 3.05) is 13.6 Å². The summed E-state index contributed by atoms with van der Waals surface area (Å²) in [6.45, 7) is 9.78. The normalized spacial score (nSPS) is 17.8. The molecule has 1 aliphatic heterocycles. The van der Waals surface area contributed by atoms with Crippen LogP contribution in [0.2, 0.25) is 0 Å². The van der Waals surface area contributed by atoms with Crippen molar-refractivity contribution >= 4 is 23.1 Å². The number of likely N-dealkylation sites (N-methyl/N-ethyl adjacent to an activating group) is 1. The Labute approximate surface area is 199 Å². The first-order chi connectivity index (χ1) is 16.3. The third kappa shape index (κ3) is 3.69. The van der Waals surface area contributed by atoms with Gasteiger partial charge < -0.3 is 4.74 Å². The van der Waals surface area contributed by atoms with Crippen LogP contribution in [0.15, 0.2) is 6.07 Å². The molecule has 1 aliphatic rings. The number of fused-ring (bicyclic) bond motifs is 4. The van der Waals surface area contributed by atoms with Gasteiger partial charge in [-0.15, -0.1) is 0 Å². The summed E-state index contributed by atoms with van der Waals surface area (Å²) >= 11 is 0. The van der Waals surface area contributed by atoms with Gasteiger partial charge in [0.1, 0.15) is 11.6 Å². The second-order valence-corrected chi connectivity index (χ2v) is 9.26. The molecule has 0 aliphatic carbocycles. The molecule has 5 heterocycles. The SMILES string of the molecule is CCc1nn(C)c2c1-c1cc3c([nH]nc3c(C)n1)/C=C/c1c(C)nn(C)c1CN(C)C[C@H](C)O2. The third-order valence-electron chi connectivity index (χ3n) is 6.51. The third-order valence-corrected chi connectivity index (χ3v) is 6.51. The number of nitrogens with zero attached hydrogens (tertiary/aromatic N) is 7. The van der Waals surface area contributed by atoms with Crippen LogP contribution in [0.1, 0.15) is 47.9 Å². The van der Waals surface area contributed by atoms with Crippen LogP contribution in [0.25, 0.3) is 34.3 Å². The van der Waals surface area contributed by atoms with E-state index >= 15 is 0 Å². The van der Waals surface area contributed by atoms with Crippen LogP contribution in [0.5, 0.6) is 5.88 Å². The van der Waals surface area contributed by atoms with Crippen molar-refractivity contribution in [1.82, 2.24) is 39.6 Å². The monoisotopic (exact) mass is 460 g/mol. The van der Waals surface area contributed by atoms with E-state index < -0.39 is 0 Å². The number of aryl methyl sites for hydroxylation is 5. The maximum atomic E-state index is 6.52. The van der Waals surface area contributed by atoms with Gasteiger partial charge in [0, 0.05) is 38.1 Å². The van der Waals surface area contributed by atoms with Crippen molar-refractivity contribution in [3.8, 4) is 17.1 Å². The first kappa shape index (κ1) is 22.3. The lowest BCUT2D eigenvalue weighted by atomic mass is 10.1. The molecule has 0 saturated carbocycles. The van der Waals surface area contributed by atoms with Gasteiger partial charge in [0.15, 0.2) is 0 Å². The van der Waals surface area contributed by atoms with Gasteiger partial charge in [-0.2, -0.15) is 15.3 Å². The Morgan fingerprint density at radius 2 is 1.88 bits per heavy atom. The Bertz CT molecular complexity index is 1410. The molecule has 2 bridgehead atoms. The summed E-state index contributed by atoms with van der Waals surface area (Å²) in [6, 6.07) is 2.10. The number of H-pyrrole nitrogens is 1. The summed E-state index contributed by atoms with van der Waals surface area (Å²) in [5, 5.41) is 18.2. The van der Waals surface area contributed by atoms with E-state index in [-0.39, 0.29) is 6.10 Å². The number of pyridine rings is 1. The molecule has 4 aromatic rings. The molecule has 4 aromatic heterocycles. The predicted molar refractivity (Wildman–Crippen MR) is 134 cm³/mol. The second kappa shape index (κ2) is 8.39. The lowest BCUT2D eigenvalue weighted by molar-refractivity contribution is 0.147. The van der Waals surface area contributed by atoms with E-state index in [1.54, 1.807) is 0 Å². The van der Waals surface area contributed by atoms with Gasteiger partial charge in [0.05, 0.1) is 39.7 Å². The van der Waals surface area contributed by atoms with Gasteiger partial charge in [-0.25, -0.2) is 4.68 Å². The zero-order valence-corrected chi connectivity index (χ0v) is 21.0. The minimum atomic E-state index is -0.0448. The maximum Gasteiger partial charge on any atom is 0.221 e. The number of aromatic amines is 1. The molecule has 34 heavy (non-hydrogen) atoms. The van der Waals surface area contributed by atoms with Gasteiger partial charge in [-0.1, -0.05) is 6.92 Å². The van der Waals surface area contributed by atoms with E-state index in [2.05, 4.69) is 66.2 Å². The fourth-order valence-corrected chi connectivity index (χ4v) is 4.93. The van der Waals surface area contributed by atoms with E-state index in [9.17, 15) is 0 Å². The number of hydrogen-bond donors (Lipinski definition) is 1. The molecule has 1 N–H and O–H groups in total. The van der Waals surface area contributed by atoms with Crippen LogP contribution in [-0.4, -0.2) is 59.3 Å². The molecule has 0 unspecified atom stereocenters.